The van der Waals surface area contributed by atoms with Crippen molar-refractivity contribution >= 4 is 86.1 Å². The maximum atomic E-state index is 11.9. The summed E-state index contributed by atoms with van der Waals surface area (Å²) in [4.78, 5) is 35.8. The smallest absolute Gasteiger partial charge is 0.323 e. The monoisotopic (exact) mass is 363 g/mol. The summed E-state index contributed by atoms with van der Waals surface area (Å²) in [6, 6.07) is 0. The third-order valence-corrected chi connectivity index (χ3v) is 3.45. The van der Waals surface area contributed by atoms with E-state index in [2.05, 4.69) is 15.0 Å². The minimum absolute atomic E-state index is 0. The van der Waals surface area contributed by atoms with Crippen molar-refractivity contribution in [1.29, 1.82) is 0 Å². The fourth-order valence-electron chi connectivity index (χ4n) is 2.26. The normalized spacial score (nSPS) is 17.5. The average molecular weight is 364 g/mol. The largest absolute Gasteiger partial charge is 0.422 e. The van der Waals surface area contributed by atoms with Crippen LogP contribution in [0.1, 0.15) is 20.3 Å². The van der Waals surface area contributed by atoms with E-state index in [-0.39, 0.29) is 63.1 Å². The molecule has 1 aliphatic rings. The number of cyclic esters (lactones) is 2. The number of rotatable bonds is 3. The van der Waals surface area contributed by atoms with E-state index in [0.717, 1.165) is 0 Å². The molecule has 3 rings (SSSR count). The van der Waals surface area contributed by atoms with E-state index in [0.29, 0.717) is 17.7 Å². The van der Waals surface area contributed by atoms with Gasteiger partial charge in [-0.1, -0.05) is 0 Å². The number of aryl methyl sites for hydroxylation is 1. The topological polar surface area (TPSA) is 96.2 Å². The molecular weight excluding hydrogens is 351 g/mol. The van der Waals surface area contributed by atoms with Gasteiger partial charge in [0.1, 0.15) is 5.52 Å². The molecule has 2 aromatic rings. The van der Waals surface area contributed by atoms with Crippen molar-refractivity contribution in [3.8, 4) is 0 Å². The van der Waals surface area contributed by atoms with Crippen LogP contribution in [0, 0.1) is 5.92 Å². The average Bonchev–Trinajstić information content (AvgIpc) is 2.78. The number of hydrogen-bond acceptors (Lipinski definition) is 7. The molecule has 0 atom stereocenters. The molecular formula is C13H13ClKN4O4. The van der Waals surface area contributed by atoms with Crippen LogP contribution < -0.4 is 0 Å². The summed E-state index contributed by atoms with van der Waals surface area (Å²) in [5.41, 5.74) is 1.12. The van der Waals surface area contributed by atoms with Crippen LogP contribution in [-0.4, -0.2) is 88.6 Å². The molecule has 0 spiro atoms. The molecule has 0 aromatic carbocycles. The second-order valence-corrected chi connectivity index (χ2v) is 5.71. The summed E-state index contributed by atoms with van der Waals surface area (Å²) in [5.74, 6) is -3.31. The van der Waals surface area contributed by atoms with Crippen LogP contribution >= 0.6 is 11.6 Å². The molecule has 1 saturated heterocycles. The summed E-state index contributed by atoms with van der Waals surface area (Å²) in [6.45, 7) is 3.41. The van der Waals surface area contributed by atoms with Crippen molar-refractivity contribution in [3.63, 3.8) is 0 Å². The summed E-state index contributed by atoms with van der Waals surface area (Å²) in [7, 11) is 0. The number of ether oxygens (including phenoxy) is 2. The molecule has 2 aromatic heterocycles. The van der Waals surface area contributed by atoms with E-state index in [4.69, 9.17) is 21.1 Å². The molecule has 0 unspecified atom stereocenters. The van der Waals surface area contributed by atoms with Gasteiger partial charge in [0.25, 0.3) is 5.79 Å². The Balaban J connectivity index is 0.00000192. The number of carbonyl (C=O) groups excluding carboxylic acids is 2. The summed E-state index contributed by atoms with van der Waals surface area (Å²) >= 11 is 5.70. The molecule has 23 heavy (non-hydrogen) atoms. The molecule has 1 fully saturated rings. The van der Waals surface area contributed by atoms with Crippen LogP contribution in [0.3, 0.4) is 0 Å². The Bertz CT molecular complexity index is 744. The second kappa shape index (κ2) is 7.12. The van der Waals surface area contributed by atoms with Crippen LogP contribution in [0.25, 0.3) is 11.2 Å². The fourth-order valence-corrected chi connectivity index (χ4v) is 2.38. The van der Waals surface area contributed by atoms with Crippen molar-refractivity contribution in [3.05, 3.63) is 17.8 Å². The van der Waals surface area contributed by atoms with Gasteiger partial charge in [-0.25, -0.2) is 9.97 Å². The van der Waals surface area contributed by atoms with Gasteiger partial charge in [0, 0.05) is 71.8 Å². The number of nitrogens with zero attached hydrogens (tertiary/aromatic N) is 4. The number of fused-ring (bicyclic) bond motifs is 1. The van der Waals surface area contributed by atoms with Gasteiger partial charge < -0.3 is 14.0 Å². The second-order valence-electron chi connectivity index (χ2n) is 5.37. The predicted molar refractivity (Wildman–Crippen MR) is 80.5 cm³/mol. The van der Waals surface area contributed by atoms with Crippen molar-refractivity contribution in [2.75, 3.05) is 0 Å². The first-order valence-corrected chi connectivity index (χ1v) is 7.02. The molecule has 3 heterocycles. The number of halogens is 1. The van der Waals surface area contributed by atoms with Gasteiger partial charge in [-0.15, -0.1) is 0 Å². The number of carbonyl (C=O) groups is 2. The third kappa shape index (κ3) is 4.09. The van der Waals surface area contributed by atoms with Gasteiger partial charge in [-0.05, 0) is 18.0 Å². The van der Waals surface area contributed by atoms with Crippen LogP contribution in [-0.2, 0) is 25.6 Å². The zero-order valence-corrected chi connectivity index (χ0v) is 16.8. The Morgan fingerprint density at radius 3 is 2.57 bits per heavy atom. The van der Waals surface area contributed by atoms with Gasteiger partial charge in [0.05, 0.1) is 12.5 Å². The quantitative estimate of drug-likeness (QED) is 0.346. The number of aromatic nitrogens is 4. The zero-order valence-electron chi connectivity index (χ0n) is 12.9. The number of hydrogen-bond donors (Lipinski definition) is 0. The first kappa shape index (κ1) is 18.8. The Morgan fingerprint density at radius 2 is 1.91 bits per heavy atom. The Morgan fingerprint density at radius 1 is 1.26 bits per heavy atom. The molecule has 0 bridgehead atoms. The maximum Gasteiger partial charge on any atom is 0.323 e. The van der Waals surface area contributed by atoms with Gasteiger partial charge >= 0.3 is 11.9 Å². The Hall–Kier alpha value is -0.584. The molecule has 0 N–H and O–H groups in total. The van der Waals surface area contributed by atoms with Crippen molar-refractivity contribution in [2.45, 2.75) is 32.6 Å². The maximum absolute atomic E-state index is 11.9. The van der Waals surface area contributed by atoms with Crippen molar-refractivity contribution in [1.82, 2.24) is 19.5 Å². The van der Waals surface area contributed by atoms with Gasteiger partial charge in [-0.2, -0.15) is 4.98 Å². The molecule has 1 radical (unpaired) electrons. The van der Waals surface area contributed by atoms with E-state index < -0.39 is 23.6 Å². The van der Waals surface area contributed by atoms with E-state index in [1.807, 2.05) is 0 Å². The van der Waals surface area contributed by atoms with Crippen LogP contribution in [0.4, 0.5) is 0 Å². The molecule has 0 saturated carbocycles. The molecule has 10 heteroatoms. The predicted octanol–water partition coefficient (Wildman–Crippen LogP) is 0.941. The molecule has 1 aliphatic heterocycles. The number of imidazole rings is 1. The molecule has 117 valence electrons. The summed E-state index contributed by atoms with van der Waals surface area (Å²) < 4.78 is 11.9. The van der Waals surface area contributed by atoms with Crippen LogP contribution in [0.2, 0.25) is 5.28 Å². The van der Waals surface area contributed by atoms with Crippen LogP contribution in [0.5, 0.6) is 0 Å². The number of esters is 2. The Labute approximate surface area is 179 Å². The standard InChI is InChI=1S/C13H13ClN4O4.K/c1-13(2)21-10(19)7(11(20)22-13)3-4-18-6-16-9-8(18)5-15-12(14)17-9;/h5-7H,3-4H2,1-2H3;. The fraction of sp³-hybridized carbons (Fsp3) is 0.462. The molecule has 8 nitrogen and oxygen atoms in total. The van der Waals surface area contributed by atoms with Crippen molar-refractivity contribution in [2.24, 2.45) is 5.92 Å². The van der Waals surface area contributed by atoms with E-state index in [1.165, 1.54) is 20.0 Å². The van der Waals surface area contributed by atoms with Gasteiger partial charge in [0.15, 0.2) is 11.6 Å². The SMILES string of the molecule is CC1(C)OC(=O)C(CCn2cnc3nc(Cl)ncc32)C(=O)O1.[K]. The van der Waals surface area contributed by atoms with E-state index in [9.17, 15) is 9.59 Å². The first-order chi connectivity index (χ1) is 10.4. The summed E-state index contributed by atoms with van der Waals surface area (Å²) in [6.07, 6.45) is 3.33. The van der Waals surface area contributed by atoms with E-state index >= 15 is 0 Å². The summed E-state index contributed by atoms with van der Waals surface area (Å²) in [5, 5.41) is 0.111. The Kier molecular flexibility index (Phi) is 5.80. The van der Waals surface area contributed by atoms with Gasteiger partial charge in [0.2, 0.25) is 5.28 Å². The van der Waals surface area contributed by atoms with Crippen LogP contribution in [0.15, 0.2) is 12.5 Å². The minimum Gasteiger partial charge on any atom is -0.422 e. The minimum atomic E-state index is -1.21. The molecule has 0 aliphatic carbocycles. The third-order valence-electron chi connectivity index (χ3n) is 3.27. The van der Waals surface area contributed by atoms with Crippen molar-refractivity contribution < 1.29 is 19.1 Å². The van der Waals surface area contributed by atoms with E-state index in [1.54, 1.807) is 10.9 Å². The van der Waals surface area contributed by atoms with Gasteiger partial charge in [-0.3, -0.25) is 9.59 Å². The zero-order chi connectivity index (χ0) is 15.9. The first-order valence-electron chi connectivity index (χ1n) is 6.65. The molecule has 0 amide bonds.